The van der Waals surface area contributed by atoms with Crippen molar-refractivity contribution in [3.63, 3.8) is 0 Å². The molecule has 0 spiro atoms. The molecule has 1 aromatic rings. The summed E-state index contributed by atoms with van der Waals surface area (Å²) in [5.41, 5.74) is 7.25. The van der Waals surface area contributed by atoms with Gasteiger partial charge >= 0.3 is 0 Å². The van der Waals surface area contributed by atoms with E-state index in [9.17, 15) is 0 Å². The first kappa shape index (κ1) is 13.1. The Balaban J connectivity index is 2.02. The van der Waals surface area contributed by atoms with Crippen LogP contribution in [0.2, 0.25) is 0 Å². The van der Waals surface area contributed by atoms with Crippen molar-refractivity contribution in [1.82, 2.24) is 4.90 Å². The van der Waals surface area contributed by atoms with Gasteiger partial charge in [0.2, 0.25) is 0 Å². The minimum atomic E-state index is 0.716. The SMILES string of the molecule is Cc1cc(CN2CCCCC2CCN)c(C)s1. The second-order valence-corrected chi connectivity index (χ2v) is 6.60. The highest BCUT2D eigenvalue weighted by molar-refractivity contribution is 7.12. The molecule has 2 N–H and O–H groups in total. The Labute approximate surface area is 109 Å². The van der Waals surface area contributed by atoms with E-state index in [4.69, 9.17) is 5.73 Å². The number of thiophene rings is 1. The van der Waals surface area contributed by atoms with Gasteiger partial charge in [-0.1, -0.05) is 6.42 Å². The zero-order valence-electron chi connectivity index (χ0n) is 11.0. The molecule has 1 atom stereocenters. The van der Waals surface area contributed by atoms with E-state index in [1.807, 2.05) is 11.3 Å². The van der Waals surface area contributed by atoms with Crippen LogP contribution in [0.15, 0.2) is 6.07 Å². The van der Waals surface area contributed by atoms with Crippen molar-refractivity contribution in [2.24, 2.45) is 5.73 Å². The molecule has 0 amide bonds. The predicted molar refractivity (Wildman–Crippen MR) is 75.5 cm³/mol. The van der Waals surface area contributed by atoms with Crippen molar-refractivity contribution in [2.45, 2.75) is 52.1 Å². The van der Waals surface area contributed by atoms with Gasteiger partial charge in [0.1, 0.15) is 0 Å². The minimum Gasteiger partial charge on any atom is -0.330 e. The fourth-order valence-corrected chi connectivity index (χ4v) is 3.79. The Hall–Kier alpha value is -0.380. The summed E-state index contributed by atoms with van der Waals surface area (Å²) in [5.74, 6) is 0. The number of hydrogen-bond acceptors (Lipinski definition) is 3. The topological polar surface area (TPSA) is 29.3 Å². The molecule has 2 heterocycles. The van der Waals surface area contributed by atoms with Gasteiger partial charge in [0, 0.05) is 22.3 Å². The Morgan fingerprint density at radius 1 is 1.41 bits per heavy atom. The van der Waals surface area contributed by atoms with E-state index in [0.29, 0.717) is 6.04 Å². The van der Waals surface area contributed by atoms with Crippen molar-refractivity contribution in [3.05, 3.63) is 21.4 Å². The van der Waals surface area contributed by atoms with Gasteiger partial charge in [-0.2, -0.15) is 0 Å². The van der Waals surface area contributed by atoms with Gasteiger partial charge < -0.3 is 5.73 Å². The van der Waals surface area contributed by atoms with Gasteiger partial charge in [0.05, 0.1) is 0 Å². The molecular formula is C14H24N2S. The summed E-state index contributed by atoms with van der Waals surface area (Å²) in [5, 5.41) is 0. The van der Waals surface area contributed by atoms with Crippen LogP contribution >= 0.6 is 11.3 Å². The van der Waals surface area contributed by atoms with Crippen molar-refractivity contribution in [1.29, 1.82) is 0 Å². The maximum atomic E-state index is 5.72. The zero-order valence-corrected chi connectivity index (χ0v) is 11.9. The van der Waals surface area contributed by atoms with E-state index in [2.05, 4.69) is 24.8 Å². The lowest BCUT2D eigenvalue weighted by atomic mass is 9.98. The third-order valence-corrected chi connectivity index (χ3v) is 4.77. The van der Waals surface area contributed by atoms with E-state index in [1.165, 1.54) is 41.1 Å². The molecule has 0 radical (unpaired) electrons. The van der Waals surface area contributed by atoms with Gasteiger partial charge in [-0.15, -0.1) is 11.3 Å². The summed E-state index contributed by atoms with van der Waals surface area (Å²) in [6.07, 6.45) is 5.22. The molecule has 3 heteroatoms. The Kier molecular flexibility index (Phi) is 4.60. The molecule has 1 unspecified atom stereocenters. The van der Waals surface area contributed by atoms with Crippen molar-refractivity contribution in [3.8, 4) is 0 Å². The van der Waals surface area contributed by atoms with Gasteiger partial charge in [-0.05, 0) is 57.8 Å². The average Bonchev–Trinajstić information content (AvgIpc) is 2.61. The third-order valence-electron chi connectivity index (χ3n) is 3.77. The Morgan fingerprint density at radius 3 is 2.88 bits per heavy atom. The maximum Gasteiger partial charge on any atom is 0.0247 e. The second-order valence-electron chi connectivity index (χ2n) is 5.14. The van der Waals surface area contributed by atoms with Crippen molar-refractivity contribution in [2.75, 3.05) is 13.1 Å². The van der Waals surface area contributed by atoms with E-state index >= 15 is 0 Å². The molecule has 0 saturated carbocycles. The van der Waals surface area contributed by atoms with Crippen LogP contribution in [0.3, 0.4) is 0 Å². The van der Waals surface area contributed by atoms with Crippen LogP contribution in [0.5, 0.6) is 0 Å². The van der Waals surface area contributed by atoms with Gasteiger partial charge in [0.25, 0.3) is 0 Å². The number of aryl methyl sites for hydroxylation is 2. The van der Waals surface area contributed by atoms with Crippen molar-refractivity contribution < 1.29 is 0 Å². The van der Waals surface area contributed by atoms with Gasteiger partial charge in [-0.25, -0.2) is 0 Å². The smallest absolute Gasteiger partial charge is 0.0247 e. The standard InChI is InChI=1S/C14H24N2S/c1-11-9-13(12(2)17-11)10-16-8-4-3-5-14(16)6-7-15/h9,14H,3-8,10,15H2,1-2H3. The predicted octanol–water partition coefficient (Wildman–Crippen LogP) is 3.07. The van der Waals surface area contributed by atoms with Crippen LogP contribution in [0.4, 0.5) is 0 Å². The quantitative estimate of drug-likeness (QED) is 0.892. The number of nitrogens with zero attached hydrogens (tertiary/aromatic N) is 1. The largest absolute Gasteiger partial charge is 0.330 e. The number of nitrogens with two attached hydrogens (primary N) is 1. The highest BCUT2D eigenvalue weighted by Crippen LogP contribution is 2.26. The number of rotatable bonds is 4. The molecule has 1 aliphatic heterocycles. The number of likely N-dealkylation sites (tertiary alicyclic amines) is 1. The minimum absolute atomic E-state index is 0.716. The second kappa shape index (κ2) is 5.98. The molecule has 1 saturated heterocycles. The number of hydrogen-bond donors (Lipinski definition) is 1. The first-order valence-electron chi connectivity index (χ1n) is 6.70. The Morgan fingerprint density at radius 2 is 2.24 bits per heavy atom. The third kappa shape index (κ3) is 3.30. The molecule has 0 aliphatic carbocycles. The lowest BCUT2D eigenvalue weighted by Gasteiger charge is -2.35. The molecular weight excluding hydrogens is 228 g/mol. The molecule has 1 aromatic heterocycles. The van der Waals surface area contributed by atoms with Crippen LogP contribution < -0.4 is 5.73 Å². The van der Waals surface area contributed by atoms with E-state index in [-0.39, 0.29) is 0 Å². The Bertz CT molecular complexity index is 357. The lowest BCUT2D eigenvalue weighted by Crippen LogP contribution is -2.40. The fraction of sp³-hybridized carbons (Fsp3) is 0.714. The molecule has 2 rings (SSSR count). The molecule has 1 aliphatic rings. The monoisotopic (exact) mass is 252 g/mol. The van der Waals surface area contributed by atoms with E-state index < -0.39 is 0 Å². The number of piperidine rings is 1. The van der Waals surface area contributed by atoms with Crippen molar-refractivity contribution >= 4 is 11.3 Å². The summed E-state index contributed by atoms with van der Waals surface area (Å²) in [7, 11) is 0. The van der Waals surface area contributed by atoms with Crippen LogP contribution in [0.25, 0.3) is 0 Å². The lowest BCUT2D eigenvalue weighted by molar-refractivity contribution is 0.134. The molecule has 17 heavy (non-hydrogen) atoms. The molecule has 96 valence electrons. The maximum absolute atomic E-state index is 5.72. The first-order chi connectivity index (χ1) is 8.20. The fourth-order valence-electron chi connectivity index (χ4n) is 2.85. The summed E-state index contributed by atoms with van der Waals surface area (Å²) < 4.78 is 0. The van der Waals surface area contributed by atoms with E-state index in [1.54, 1.807) is 0 Å². The summed E-state index contributed by atoms with van der Waals surface area (Å²) in [4.78, 5) is 5.56. The van der Waals surface area contributed by atoms with Crippen LogP contribution in [-0.4, -0.2) is 24.0 Å². The average molecular weight is 252 g/mol. The van der Waals surface area contributed by atoms with Crippen LogP contribution in [-0.2, 0) is 6.54 Å². The normalized spacial score (nSPS) is 21.9. The highest BCUT2D eigenvalue weighted by atomic mass is 32.1. The highest BCUT2D eigenvalue weighted by Gasteiger charge is 2.22. The molecule has 0 aromatic carbocycles. The van der Waals surface area contributed by atoms with Crippen LogP contribution in [0.1, 0.15) is 41.0 Å². The molecule has 1 fully saturated rings. The molecule has 2 nitrogen and oxygen atoms in total. The van der Waals surface area contributed by atoms with Gasteiger partial charge in [0.15, 0.2) is 0 Å². The molecule has 0 bridgehead atoms. The van der Waals surface area contributed by atoms with Gasteiger partial charge in [-0.3, -0.25) is 4.90 Å². The first-order valence-corrected chi connectivity index (χ1v) is 7.52. The van der Waals surface area contributed by atoms with E-state index in [0.717, 1.165) is 19.5 Å². The van der Waals surface area contributed by atoms with Crippen LogP contribution in [0, 0.1) is 13.8 Å². The zero-order chi connectivity index (χ0) is 12.3. The summed E-state index contributed by atoms with van der Waals surface area (Å²) in [6, 6.07) is 3.07. The summed E-state index contributed by atoms with van der Waals surface area (Å²) in [6.45, 7) is 7.65. The summed E-state index contributed by atoms with van der Waals surface area (Å²) >= 11 is 1.92.